The summed E-state index contributed by atoms with van der Waals surface area (Å²) >= 11 is 0. The topological polar surface area (TPSA) is 90.6 Å². The van der Waals surface area contributed by atoms with Crippen molar-refractivity contribution in [3.8, 4) is 0 Å². The number of aromatic nitrogens is 2. The number of aliphatic hydroxyl groups excluding tert-OH is 1. The maximum Gasteiger partial charge on any atom is 0.435 e. The van der Waals surface area contributed by atoms with E-state index >= 15 is 0 Å². The molecule has 0 spiro atoms. The van der Waals surface area contributed by atoms with Gasteiger partial charge in [0.15, 0.2) is 0 Å². The van der Waals surface area contributed by atoms with Crippen molar-refractivity contribution in [1.82, 2.24) is 9.78 Å². The van der Waals surface area contributed by atoms with E-state index in [9.17, 15) is 9.59 Å². The van der Waals surface area contributed by atoms with Crippen LogP contribution in [0.25, 0.3) is 0 Å². The molecule has 20 heavy (non-hydrogen) atoms. The summed E-state index contributed by atoms with van der Waals surface area (Å²) < 4.78 is 11.0. The number of hydrogen-bond acceptors (Lipinski definition) is 6. The molecule has 0 aromatic carbocycles. The molecule has 1 N–H and O–H groups in total. The molecular weight excluding hydrogens is 264 g/mol. The summed E-state index contributed by atoms with van der Waals surface area (Å²) in [6.45, 7) is 6.81. The molecular formula is C13H20N2O5. The van der Waals surface area contributed by atoms with E-state index in [0.29, 0.717) is 5.69 Å². The molecule has 0 aliphatic rings. The predicted octanol–water partition coefficient (Wildman–Crippen LogP) is 1.26. The van der Waals surface area contributed by atoms with Crippen LogP contribution in [-0.2, 0) is 27.3 Å². The third kappa shape index (κ3) is 4.65. The summed E-state index contributed by atoms with van der Waals surface area (Å²) in [5.74, 6) is -0.471. The van der Waals surface area contributed by atoms with E-state index in [4.69, 9.17) is 14.6 Å². The van der Waals surface area contributed by atoms with Crippen molar-refractivity contribution in [2.45, 2.75) is 46.3 Å². The first-order valence-electron chi connectivity index (χ1n) is 6.34. The second-order valence-corrected chi connectivity index (χ2v) is 5.16. The molecule has 0 unspecified atom stereocenters. The van der Waals surface area contributed by atoms with Crippen molar-refractivity contribution in [1.29, 1.82) is 0 Å². The highest BCUT2D eigenvalue weighted by molar-refractivity contribution is 5.76. The van der Waals surface area contributed by atoms with Gasteiger partial charge in [-0.25, -0.2) is 4.79 Å². The summed E-state index contributed by atoms with van der Waals surface area (Å²) in [6, 6.07) is 1.47. The minimum absolute atomic E-state index is 0.111. The van der Waals surface area contributed by atoms with Gasteiger partial charge in [-0.1, -0.05) is 0 Å². The first kappa shape index (κ1) is 16.2. The first-order valence-corrected chi connectivity index (χ1v) is 6.34. The number of hydrogen-bond donors (Lipinski definition) is 1. The SMILES string of the molecule is CCOC(=O)Cc1cc(CO)nn1C(=O)OC(C)(C)C. The summed E-state index contributed by atoms with van der Waals surface area (Å²) in [7, 11) is 0. The average Bonchev–Trinajstić information content (AvgIpc) is 2.70. The van der Waals surface area contributed by atoms with Crippen LogP contribution in [0.5, 0.6) is 0 Å². The molecule has 0 radical (unpaired) electrons. The molecule has 0 amide bonds. The van der Waals surface area contributed by atoms with Gasteiger partial charge < -0.3 is 14.6 Å². The normalized spacial score (nSPS) is 11.2. The minimum Gasteiger partial charge on any atom is -0.466 e. The lowest BCUT2D eigenvalue weighted by atomic mass is 10.2. The molecule has 1 heterocycles. The van der Waals surface area contributed by atoms with Gasteiger partial charge in [-0.2, -0.15) is 9.78 Å². The maximum atomic E-state index is 12.0. The van der Waals surface area contributed by atoms with Crippen LogP contribution in [0.4, 0.5) is 4.79 Å². The second kappa shape index (κ2) is 6.51. The van der Waals surface area contributed by atoms with E-state index in [2.05, 4.69) is 5.10 Å². The monoisotopic (exact) mass is 284 g/mol. The van der Waals surface area contributed by atoms with E-state index in [0.717, 1.165) is 4.68 Å². The molecule has 0 saturated carbocycles. The smallest absolute Gasteiger partial charge is 0.435 e. The standard InChI is InChI=1S/C13H20N2O5/c1-5-19-11(17)7-10-6-9(8-16)14-15(10)12(18)20-13(2,3)4/h6,16H,5,7-8H2,1-4H3. The Morgan fingerprint density at radius 3 is 2.55 bits per heavy atom. The van der Waals surface area contributed by atoms with Crippen molar-refractivity contribution in [3.63, 3.8) is 0 Å². The zero-order chi connectivity index (χ0) is 15.3. The van der Waals surface area contributed by atoms with Crippen molar-refractivity contribution < 1.29 is 24.2 Å². The number of carbonyl (C=O) groups is 2. The number of rotatable bonds is 4. The fraction of sp³-hybridized carbons (Fsp3) is 0.615. The third-order valence-corrected chi connectivity index (χ3v) is 2.19. The van der Waals surface area contributed by atoms with Crippen LogP contribution in [0.2, 0.25) is 0 Å². The molecule has 112 valence electrons. The van der Waals surface area contributed by atoms with Gasteiger partial charge in [-0.15, -0.1) is 0 Å². The van der Waals surface area contributed by atoms with Gasteiger partial charge in [0.2, 0.25) is 0 Å². The van der Waals surface area contributed by atoms with Crippen molar-refractivity contribution >= 4 is 12.1 Å². The van der Waals surface area contributed by atoms with E-state index in [1.807, 2.05) is 0 Å². The lowest BCUT2D eigenvalue weighted by Crippen LogP contribution is -2.29. The van der Waals surface area contributed by atoms with Gasteiger partial charge in [0.1, 0.15) is 5.60 Å². The van der Waals surface area contributed by atoms with E-state index in [1.54, 1.807) is 27.7 Å². The number of esters is 1. The van der Waals surface area contributed by atoms with Gasteiger partial charge in [0.05, 0.1) is 31.0 Å². The van der Waals surface area contributed by atoms with E-state index in [-0.39, 0.29) is 25.3 Å². The van der Waals surface area contributed by atoms with Crippen LogP contribution in [0.15, 0.2) is 6.07 Å². The highest BCUT2D eigenvalue weighted by atomic mass is 16.6. The Morgan fingerprint density at radius 2 is 2.05 bits per heavy atom. The van der Waals surface area contributed by atoms with Crippen molar-refractivity contribution in [3.05, 3.63) is 17.5 Å². The van der Waals surface area contributed by atoms with Gasteiger partial charge in [0.25, 0.3) is 0 Å². The highest BCUT2D eigenvalue weighted by Gasteiger charge is 2.22. The number of carbonyl (C=O) groups excluding carboxylic acids is 2. The molecule has 0 bridgehead atoms. The predicted molar refractivity (Wildman–Crippen MR) is 70.1 cm³/mol. The first-order chi connectivity index (χ1) is 9.26. The Kier molecular flexibility index (Phi) is 5.26. The Bertz CT molecular complexity index is 487. The van der Waals surface area contributed by atoms with Crippen LogP contribution in [-0.4, -0.2) is 39.2 Å². The minimum atomic E-state index is -0.698. The van der Waals surface area contributed by atoms with Gasteiger partial charge in [-0.3, -0.25) is 4.79 Å². The van der Waals surface area contributed by atoms with Gasteiger partial charge in [0, 0.05) is 0 Å². The Labute approximate surface area is 117 Å². The van der Waals surface area contributed by atoms with E-state index < -0.39 is 17.7 Å². The molecule has 1 aromatic rings. The summed E-state index contributed by atoms with van der Waals surface area (Å²) in [5, 5.41) is 13.0. The zero-order valence-electron chi connectivity index (χ0n) is 12.2. The molecule has 0 fully saturated rings. The Morgan fingerprint density at radius 1 is 1.40 bits per heavy atom. The lowest BCUT2D eigenvalue weighted by Gasteiger charge is -2.19. The quantitative estimate of drug-likeness (QED) is 0.837. The Balaban J connectivity index is 2.96. The highest BCUT2D eigenvalue weighted by Crippen LogP contribution is 2.12. The molecule has 0 aliphatic heterocycles. The average molecular weight is 284 g/mol. The largest absolute Gasteiger partial charge is 0.466 e. The molecule has 0 aliphatic carbocycles. The second-order valence-electron chi connectivity index (χ2n) is 5.16. The Hall–Kier alpha value is -1.89. The fourth-order valence-corrected chi connectivity index (χ4v) is 1.50. The van der Waals surface area contributed by atoms with Crippen LogP contribution in [0.1, 0.15) is 39.1 Å². The molecule has 0 saturated heterocycles. The van der Waals surface area contributed by atoms with Crippen molar-refractivity contribution in [2.75, 3.05) is 6.61 Å². The zero-order valence-corrected chi connectivity index (χ0v) is 12.2. The molecule has 7 nitrogen and oxygen atoms in total. The van der Waals surface area contributed by atoms with Crippen LogP contribution >= 0.6 is 0 Å². The number of nitrogens with zero attached hydrogens (tertiary/aromatic N) is 2. The maximum absolute atomic E-state index is 12.0. The van der Waals surface area contributed by atoms with Gasteiger partial charge in [-0.05, 0) is 33.8 Å². The summed E-state index contributed by atoms with van der Waals surface area (Å²) in [6.07, 6.45) is -0.809. The van der Waals surface area contributed by atoms with Gasteiger partial charge >= 0.3 is 12.1 Å². The summed E-state index contributed by atoms with van der Waals surface area (Å²) in [4.78, 5) is 23.5. The lowest BCUT2D eigenvalue weighted by molar-refractivity contribution is -0.142. The fourth-order valence-electron chi connectivity index (χ4n) is 1.50. The van der Waals surface area contributed by atoms with Crippen molar-refractivity contribution in [2.24, 2.45) is 0 Å². The third-order valence-electron chi connectivity index (χ3n) is 2.19. The van der Waals surface area contributed by atoms with Crippen LogP contribution < -0.4 is 0 Å². The molecule has 1 aromatic heterocycles. The number of ether oxygens (including phenoxy) is 2. The number of aliphatic hydroxyl groups is 1. The summed E-state index contributed by atoms with van der Waals surface area (Å²) in [5.41, 5.74) is -0.0687. The van der Waals surface area contributed by atoms with Crippen LogP contribution in [0, 0.1) is 0 Å². The molecule has 0 atom stereocenters. The van der Waals surface area contributed by atoms with Crippen LogP contribution in [0.3, 0.4) is 0 Å². The van der Waals surface area contributed by atoms with E-state index in [1.165, 1.54) is 6.07 Å². The molecule has 7 heteroatoms. The molecule has 1 rings (SSSR count).